The van der Waals surface area contributed by atoms with Crippen LogP contribution in [0, 0.1) is 12.8 Å². The van der Waals surface area contributed by atoms with Gasteiger partial charge in [-0.3, -0.25) is 0 Å². The Hall–Kier alpha value is -0.950. The van der Waals surface area contributed by atoms with Crippen LogP contribution in [0.2, 0.25) is 0 Å². The van der Waals surface area contributed by atoms with Crippen LogP contribution in [-0.4, -0.2) is 44.6 Å². The van der Waals surface area contributed by atoms with Crippen molar-refractivity contribution in [2.45, 2.75) is 31.3 Å². The molecule has 0 amide bonds. The fourth-order valence-corrected chi connectivity index (χ4v) is 4.69. The first-order valence-corrected chi connectivity index (χ1v) is 8.63. The summed E-state index contributed by atoms with van der Waals surface area (Å²) < 4.78 is 32.4. The van der Waals surface area contributed by atoms with Gasteiger partial charge in [-0.25, -0.2) is 8.42 Å². The molecule has 1 N–H and O–H groups in total. The van der Waals surface area contributed by atoms with E-state index in [1.807, 2.05) is 0 Å². The van der Waals surface area contributed by atoms with Gasteiger partial charge in [0.05, 0.1) is 18.1 Å². The highest BCUT2D eigenvalue weighted by Crippen LogP contribution is 2.27. The smallest absolute Gasteiger partial charge is 0.243 e. The lowest BCUT2D eigenvalue weighted by Crippen LogP contribution is -2.41. The predicted molar refractivity (Wildman–Crippen MR) is 80.5 cm³/mol. The van der Waals surface area contributed by atoms with E-state index in [0.29, 0.717) is 35.7 Å². The second-order valence-corrected chi connectivity index (χ2v) is 7.43. The number of sulfonamides is 1. The fourth-order valence-electron chi connectivity index (χ4n) is 2.87. The van der Waals surface area contributed by atoms with Gasteiger partial charge in [0.2, 0.25) is 10.0 Å². The van der Waals surface area contributed by atoms with Gasteiger partial charge < -0.3 is 9.84 Å². The lowest BCUT2D eigenvalue weighted by atomic mass is 10.0. The minimum absolute atomic E-state index is 0.151. The zero-order valence-corrected chi connectivity index (χ0v) is 13.4. The lowest BCUT2D eigenvalue weighted by molar-refractivity contribution is 0.118. The average molecular weight is 313 g/mol. The van der Waals surface area contributed by atoms with Gasteiger partial charge in [0, 0.05) is 20.2 Å². The summed E-state index contributed by atoms with van der Waals surface area (Å²) >= 11 is 0. The van der Waals surface area contributed by atoms with Crippen LogP contribution in [0.5, 0.6) is 0 Å². The largest absolute Gasteiger partial charge is 0.392 e. The molecule has 1 atom stereocenters. The molecule has 2 rings (SSSR count). The highest BCUT2D eigenvalue weighted by Gasteiger charge is 2.31. The lowest BCUT2D eigenvalue weighted by Gasteiger charge is -2.32. The monoisotopic (exact) mass is 313 g/mol. The van der Waals surface area contributed by atoms with Gasteiger partial charge in [0.1, 0.15) is 0 Å². The van der Waals surface area contributed by atoms with Crippen molar-refractivity contribution in [2.24, 2.45) is 5.92 Å². The predicted octanol–water partition coefficient (Wildman–Crippen LogP) is 1.53. The Morgan fingerprint density at radius 1 is 1.43 bits per heavy atom. The molecule has 21 heavy (non-hydrogen) atoms. The van der Waals surface area contributed by atoms with E-state index < -0.39 is 10.0 Å². The molecule has 118 valence electrons. The molecule has 1 aromatic rings. The summed E-state index contributed by atoms with van der Waals surface area (Å²) in [6.07, 6.45) is 1.85. The summed E-state index contributed by atoms with van der Waals surface area (Å²) in [6.45, 7) is 3.22. The molecule has 1 aliphatic heterocycles. The first-order chi connectivity index (χ1) is 10.0. The molecular weight excluding hydrogens is 290 g/mol. The van der Waals surface area contributed by atoms with E-state index >= 15 is 0 Å². The van der Waals surface area contributed by atoms with Crippen molar-refractivity contribution in [3.8, 4) is 0 Å². The van der Waals surface area contributed by atoms with Crippen LogP contribution in [-0.2, 0) is 21.4 Å². The van der Waals surface area contributed by atoms with Crippen molar-refractivity contribution in [3.63, 3.8) is 0 Å². The van der Waals surface area contributed by atoms with Crippen molar-refractivity contribution in [1.82, 2.24) is 4.31 Å². The van der Waals surface area contributed by atoms with Crippen LogP contribution in [0.1, 0.15) is 24.0 Å². The van der Waals surface area contributed by atoms with E-state index in [-0.39, 0.29) is 12.5 Å². The molecule has 1 saturated heterocycles. The Kier molecular flexibility index (Phi) is 5.37. The number of aliphatic hydroxyl groups is 1. The van der Waals surface area contributed by atoms with Crippen LogP contribution >= 0.6 is 0 Å². The summed E-state index contributed by atoms with van der Waals surface area (Å²) in [6, 6.07) is 5.05. The minimum Gasteiger partial charge on any atom is -0.392 e. The van der Waals surface area contributed by atoms with Crippen molar-refractivity contribution in [1.29, 1.82) is 0 Å². The molecule has 1 aromatic carbocycles. The fraction of sp³-hybridized carbons (Fsp3) is 0.600. The summed E-state index contributed by atoms with van der Waals surface area (Å²) in [5.74, 6) is 0.250. The van der Waals surface area contributed by atoms with Crippen LogP contribution in [0.25, 0.3) is 0 Å². The number of methoxy groups -OCH3 is 1. The Bertz CT molecular complexity index is 583. The zero-order chi connectivity index (χ0) is 15.5. The van der Waals surface area contributed by atoms with Gasteiger partial charge in [-0.05, 0) is 42.9 Å². The molecule has 0 bridgehead atoms. The number of ether oxygens (including phenoxy) is 1. The molecule has 6 heteroatoms. The molecule has 0 radical (unpaired) electrons. The van der Waals surface area contributed by atoms with Gasteiger partial charge in [0.25, 0.3) is 0 Å². The highest BCUT2D eigenvalue weighted by atomic mass is 32.2. The Balaban J connectivity index is 2.29. The highest BCUT2D eigenvalue weighted by molar-refractivity contribution is 7.89. The third-order valence-electron chi connectivity index (χ3n) is 4.07. The second-order valence-electron chi connectivity index (χ2n) is 5.53. The van der Waals surface area contributed by atoms with Crippen molar-refractivity contribution >= 4 is 10.0 Å². The maximum atomic E-state index is 12.8. The summed E-state index contributed by atoms with van der Waals surface area (Å²) in [7, 11) is -1.87. The zero-order valence-electron chi connectivity index (χ0n) is 12.6. The van der Waals surface area contributed by atoms with Crippen LogP contribution in [0.15, 0.2) is 23.1 Å². The first-order valence-electron chi connectivity index (χ1n) is 7.19. The maximum Gasteiger partial charge on any atom is 0.243 e. The SMILES string of the molecule is COCC1CCCN(S(=O)(=O)c2cccc(CO)c2C)C1. The summed E-state index contributed by atoms with van der Waals surface area (Å²) in [5.41, 5.74) is 1.29. The molecule has 1 fully saturated rings. The topological polar surface area (TPSA) is 66.8 Å². The number of benzene rings is 1. The quantitative estimate of drug-likeness (QED) is 0.895. The standard InChI is InChI=1S/C15H23NO4S/c1-12-14(10-17)6-3-7-15(12)21(18,19)16-8-4-5-13(9-16)11-20-2/h3,6-7,13,17H,4-5,8-11H2,1-2H3. The number of hydrogen-bond donors (Lipinski definition) is 1. The molecule has 0 aromatic heterocycles. The normalized spacial score (nSPS) is 20.6. The van der Waals surface area contributed by atoms with Gasteiger partial charge in [-0.2, -0.15) is 4.31 Å². The molecule has 0 spiro atoms. The summed E-state index contributed by atoms with van der Waals surface area (Å²) in [4.78, 5) is 0.298. The minimum atomic E-state index is -3.51. The first kappa shape index (κ1) is 16.4. The van der Waals surface area contributed by atoms with Crippen molar-refractivity contribution < 1.29 is 18.3 Å². The molecule has 1 unspecified atom stereocenters. The van der Waals surface area contributed by atoms with Gasteiger partial charge in [0.15, 0.2) is 0 Å². The molecule has 1 aliphatic rings. The van der Waals surface area contributed by atoms with Crippen molar-refractivity contribution in [2.75, 3.05) is 26.8 Å². The Morgan fingerprint density at radius 2 is 2.19 bits per heavy atom. The number of aliphatic hydroxyl groups excluding tert-OH is 1. The number of hydrogen-bond acceptors (Lipinski definition) is 4. The van der Waals surface area contributed by atoms with Gasteiger partial charge in [-0.15, -0.1) is 0 Å². The van der Waals surface area contributed by atoms with E-state index in [9.17, 15) is 13.5 Å². The van der Waals surface area contributed by atoms with Gasteiger partial charge >= 0.3 is 0 Å². The maximum absolute atomic E-state index is 12.8. The number of nitrogens with zero attached hydrogens (tertiary/aromatic N) is 1. The van der Waals surface area contributed by atoms with Crippen molar-refractivity contribution in [3.05, 3.63) is 29.3 Å². The Morgan fingerprint density at radius 3 is 2.86 bits per heavy atom. The Labute approximate surface area is 126 Å². The van der Waals surface area contributed by atoms with Crippen LogP contribution in [0.4, 0.5) is 0 Å². The third kappa shape index (κ3) is 3.45. The molecule has 1 heterocycles. The average Bonchev–Trinajstić information content (AvgIpc) is 2.48. The number of piperidine rings is 1. The number of rotatable bonds is 5. The van der Waals surface area contributed by atoms with E-state index in [1.54, 1.807) is 36.5 Å². The van der Waals surface area contributed by atoms with E-state index in [4.69, 9.17) is 4.74 Å². The van der Waals surface area contributed by atoms with E-state index in [1.165, 1.54) is 0 Å². The summed E-state index contributed by atoms with van der Waals surface area (Å²) in [5, 5.41) is 9.31. The second kappa shape index (κ2) is 6.87. The van der Waals surface area contributed by atoms with Crippen LogP contribution < -0.4 is 0 Å². The van der Waals surface area contributed by atoms with E-state index in [0.717, 1.165) is 12.8 Å². The molecule has 0 saturated carbocycles. The molecule has 5 nitrogen and oxygen atoms in total. The third-order valence-corrected chi connectivity index (χ3v) is 6.08. The van der Waals surface area contributed by atoms with Gasteiger partial charge in [-0.1, -0.05) is 12.1 Å². The molecular formula is C15H23NO4S. The van der Waals surface area contributed by atoms with Crippen LogP contribution in [0.3, 0.4) is 0 Å². The van der Waals surface area contributed by atoms with E-state index in [2.05, 4.69) is 0 Å². The molecule has 0 aliphatic carbocycles.